The number of benzene rings is 2. The average molecular weight is 445 g/mol. The number of carbonyl (C=O) groups is 2. The lowest BCUT2D eigenvalue weighted by molar-refractivity contribution is -0.261. The largest absolute Gasteiger partial charge is 0.434 e. The standard InChI is InChI=1S/C22H15F4N3O3/c23-16-4-1-14(2-5-16)19(30)28-12-21(22(24,25)26)17-11-15(13-7-9-27-10-8-13)3-6-18(17)29-20(31)32-21/h1-11H,12H2,(H,28,30)(H,29,31). The molecule has 32 heavy (non-hydrogen) atoms. The molecule has 2 N–H and O–H groups in total. The lowest BCUT2D eigenvalue weighted by Gasteiger charge is -2.39. The van der Waals surface area contributed by atoms with Crippen LogP contribution in [0.1, 0.15) is 15.9 Å². The molecular formula is C22H15F4N3O3. The Labute approximate surface area is 179 Å². The molecule has 1 aliphatic heterocycles. The number of hydrogen-bond donors (Lipinski definition) is 2. The Morgan fingerprint density at radius 2 is 1.72 bits per heavy atom. The van der Waals surface area contributed by atoms with Gasteiger partial charge < -0.3 is 10.1 Å². The van der Waals surface area contributed by atoms with Crippen LogP contribution in [0.15, 0.2) is 67.0 Å². The zero-order valence-corrected chi connectivity index (χ0v) is 16.2. The number of amides is 2. The van der Waals surface area contributed by atoms with Crippen LogP contribution >= 0.6 is 0 Å². The van der Waals surface area contributed by atoms with Crippen molar-refractivity contribution in [1.29, 1.82) is 0 Å². The van der Waals surface area contributed by atoms with Crippen molar-refractivity contribution in [2.75, 3.05) is 11.9 Å². The van der Waals surface area contributed by atoms with E-state index in [-0.39, 0.29) is 16.8 Å². The number of anilines is 1. The van der Waals surface area contributed by atoms with Gasteiger partial charge in [0.2, 0.25) is 0 Å². The first-order valence-corrected chi connectivity index (χ1v) is 9.35. The second kappa shape index (κ2) is 7.95. The number of carbonyl (C=O) groups excluding carboxylic acids is 2. The second-order valence-corrected chi connectivity index (χ2v) is 7.03. The SMILES string of the molecule is O=C1Nc2ccc(-c3ccncc3)cc2C(CNC(=O)c2ccc(F)cc2)(C(F)(F)F)O1. The molecule has 4 rings (SSSR count). The number of aromatic nitrogens is 1. The Hall–Kier alpha value is -3.95. The number of fused-ring (bicyclic) bond motifs is 1. The zero-order valence-electron chi connectivity index (χ0n) is 16.2. The third kappa shape index (κ3) is 3.86. The number of alkyl halides is 3. The van der Waals surface area contributed by atoms with E-state index in [1.54, 1.807) is 18.2 Å². The van der Waals surface area contributed by atoms with Crippen molar-refractivity contribution >= 4 is 17.7 Å². The first-order chi connectivity index (χ1) is 15.2. The number of nitrogens with zero attached hydrogens (tertiary/aromatic N) is 1. The number of rotatable bonds is 4. The fourth-order valence-electron chi connectivity index (χ4n) is 3.41. The Bertz CT molecular complexity index is 1170. The van der Waals surface area contributed by atoms with Gasteiger partial charge in [-0.25, -0.2) is 9.18 Å². The van der Waals surface area contributed by atoms with Gasteiger partial charge in [0.15, 0.2) is 0 Å². The monoisotopic (exact) mass is 445 g/mol. The van der Waals surface area contributed by atoms with Gasteiger partial charge in [-0.15, -0.1) is 0 Å². The van der Waals surface area contributed by atoms with Crippen LogP contribution in [0, 0.1) is 5.82 Å². The summed E-state index contributed by atoms with van der Waals surface area (Å²) in [5.41, 5.74) is -2.60. The van der Waals surface area contributed by atoms with E-state index in [1.165, 1.54) is 24.5 Å². The summed E-state index contributed by atoms with van der Waals surface area (Å²) < 4.78 is 61.0. The minimum Gasteiger partial charge on any atom is -0.426 e. The van der Waals surface area contributed by atoms with Gasteiger partial charge in [-0.2, -0.15) is 13.2 Å². The maximum atomic E-state index is 14.4. The normalized spacial score (nSPS) is 17.7. The number of hydrogen-bond acceptors (Lipinski definition) is 4. The average Bonchev–Trinajstić information content (AvgIpc) is 2.77. The Kier molecular flexibility index (Phi) is 5.29. The molecule has 3 aromatic rings. The van der Waals surface area contributed by atoms with Gasteiger partial charge in [-0.3, -0.25) is 15.1 Å². The van der Waals surface area contributed by atoms with Gasteiger partial charge in [-0.1, -0.05) is 6.07 Å². The lowest BCUT2D eigenvalue weighted by Crippen LogP contribution is -2.56. The van der Waals surface area contributed by atoms with E-state index in [4.69, 9.17) is 4.74 Å². The Morgan fingerprint density at radius 3 is 2.38 bits per heavy atom. The number of halogens is 4. The highest BCUT2D eigenvalue weighted by molar-refractivity contribution is 5.94. The molecular weight excluding hydrogens is 430 g/mol. The Balaban J connectivity index is 1.75. The van der Waals surface area contributed by atoms with E-state index < -0.39 is 36.1 Å². The highest BCUT2D eigenvalue weighted by Crippen LogP contribution is 2.48. The molecule has 6 nitrogen and oxygen atoms in total. The van der Waals surface area contributed by atoms with Crippen LogP contribution in [0.25, 0.3) is 11.1 Å². The van der Waals surface area contributed by atoms with E-state index in [1.807, 2.05) is 0 Å². The first kappa shape index (κ1) is 21.3. The number of pyridine rings is 1. The summed E-state index contributed by atoms with van der Waals surface area (Å²) in [6.45, 7) is -1.08. The van der Waals surface area contributed by atoms with Crippen molar-refractivity contribution in [2.45, 2.75) is 11.8 Å². The molecule has 0 fully saturated rings. The van der Waals surface area contributed by atoms with Crippen molar-refractivity contribution < 1.29 is 31.9 Å². The quantitative estimate of drug-likeness (QED) is 0.574. The zero-order chi connectivity index (χ0) is 22.9. The van der Waals surface area contributed by atoms with E-state index >= 15 is 0 Å². The first-order valence-electron chi connectivity index (χ1n) is 9.35. The second-order valence-electron chi connectivity index (χ2n) is 7.03. The third-order valence-electron chi connectivity index (χ3n) is 5.03. The Morgan fingerprint density at radius 1 is 1.03 bits per heavy atom. The number of nitrogens with one attached hydrogen (secondary N) is 2. The van der Waals surface area contributed by atoms with Crippen molar-refractivity contribution in [3.05, 3.63) is 83.9 Å². The molecule has 1 atom stereocenters. The van der Waals surface area contributed by atoms with E-state index in [0.29, 0.717) is 11.1 Å². The van der Waals surface area contributed by atoms with Gasteiger partial charge in [0.25, 0.3) is 11.5 Å². The summed E-state index contributed by atoms with van der Waals surface area (Å²) >= 11 is 0. The van der Waals surface area contributed by atoms with E-state index in [0.717, 1.165) is 24.3 Å². The van der Waals surface area contributed by atoms with Crippen LogP contribution in [0.2, 0.25) is 0 Å². The summed E-state index contributed by atoms with van der Waals surface area (Å²) in [7, 11) is 0. The van der Waals surface area contributed by atoms with Crippen LogP contribution in [-0.2, 0) is 10.3 Å². The molecule has 0 radical (unpaired) electrons. The van der Waals surface area contributed by atoms with Gasteiger partial charge in [0.05, 0.1) is 12.2 Å². The van der Waals surface area contributed by atoms with E-state index in [2.05, 4.69) is 15.6 Å². The van der Waals surface area contributed by atoms with Gasteiger partial charge in [0.1, 0.15) is 5.82 Å². The van der Waals surface area contributed by atoms with Crippen molar-refractivity contribution in [2.24, 2.45) is 0 Å². The molecule has 2 aromatic carbocycles. The van der Waals surface area contributed by atoms with Crippen LogP contribution in [0.3, 0.4) is 0 Å². The van der Waals surface area contributed by atoms with Crippen LogP contribution in [-0.4, -0.2) is 29.7 Å². The highest BCUT2D eigenvalue weighted by atomic mass is 19.4. The molecule has 0 aliphatic carbocycles. The van der Waals surface area contributed by atoms with Crippen molar-refractivity contribution in [3.8, 4) is 11.1 Å². The summed E-state index contributed by atoms with van der Waals surface area (Å²) in [5, 5.41) is 4.42. The topological polar surface area (TPSA) is 80.3 Å². The predicted molar refractivity (Wildman–Crippen MR) is 106 cm³/mol. The maximum Gasteiger partial charge on any atom is 0.434 e. The minimum atomic E-state index is -5.06. The molecule has 2 amide bonds. The summed E-state index contributed by atoms with van der Waals surface area (Å²) in [6.07, 6.45) is -3.38. The molecule has 0 saturated carbocycles. The van der Waals surface area contributed by atoms with Crippen molar-refractivity contribution in [1.82, 2.24) is 10.3 Å². The van der Waals surface area contributed by atoms with Gasteiger partial charge in [-0.05, 0) is 59.7 Å². The molecule has 1 aromatic heterocycles. The van der Waals surface area contributed by atoms with E-state index in [9.17, 15) is 27.2 Å². The molecule has 10 heteroatoms. The summed E-state index contributed by atoms with van der Waals surface area (Å²) in [6, 6.07) is 11.7. The minimum absolute atomic E-state index is 0.0465. The van der Waals surface area contributed by atoms with Gasteiger partial charge in [0, 0.05) is 23.5 Å². The van der Waals surface area contributed by atoms with Crippen LogP contribution < -0.4 is 10.6 Å². The molecule has 2 heterocycles. The fourth-order valence-corrected chi connectivity index (χ4v) is 3.41. The highest BCUT2D eigenvalue weighted by Gasteiger charge is 2.62. The summed E-state index contributed by atoms with van der Waals surface area (Å²) in [4.78, 5) is 28.3. The predicted octanol–water partition coefficient (Wildman–Crippen LogP) is 4.64. The number of ether oxygens (including phenoxy) is 1. The number of cyclic esters (lactones) is 1. The van der Waals surface area contributed by atoms with Crippen LogP contribution in [0.5, 0.6) is 0 Å². The third-order valence-corrected chi connectivity index (χ3v) is 5.03. The molecule has 0 bridgehead atoms. The lowest BCUT2D eigenvalue weighted by atomic mass is 9.87. The summed E-state index contributed by atoms with van der Waals surface area (Å²) in [5.74, 6) is -1.48. The molecule has 164 valence electrons. The van der Waals surface area contributed by atoms with Gasteiger partial charge >= 0.3 is 12.3 Å². The molecule has 1 aliphatic rings. The van der Waals surface area contributed by atoms with Crippen molar-refractivity contribution in [3.63, 3.8) is 0 Å². The fraction of sp³-hybridized carbons (Fsp3) is 0.136. The molecule has 0 saturated heterocycles. The smallest absolute Gasteiger partial charge is 0.426 e. The molecule has 0 spiro atoms. The molecule has 1 unspecified atom stereocenters. The maximum absolute atomic E-state index is 14.4. The van der Waals surface area contributed by atoms with Crippen LogP contribution in [0.4, 0.5) is 28.0 Å².